The second-order valence-corrected chi connectivity index (χ2v) is 8.51. The second-order valence-electron chi connectivity index (χ2n) is 5.95. The molecule has 5 nitrogen and oxygen atoms in total. The molecule has 1 unspecified atom stereocenters. The fourth-order valence-electron chi connectivity index (χ4n) is 3.00. The van der Waals surface area contributed by atoms with Crippen LogP contribution in [0.5, 0.6) is 5.75 Å². The summed E-state index contributed by atoms with van der Waals surface area (Å²) >= 11 is 0. The van der Waals surface area contributed by atoms with E-state index in [1.807, 2.05) is 45.9 Å². The Morgan fingerprint density at radius 1 is 1.04 bits per heavy atom. The van der Waals surface area contributed by atoms with Gasteiger partial charge in [-0.2, -0.15) is 0 Å². The molecule has 1 heterocycles. The van der Waals surface area contributed by atoms with E-state index in [4.69, 9.17) is 22.8 Å². The highest BCUT2D eigenvalue weighted by Crippen LogP contribution is 2.33. The average Bonchev–Trinajstić information content (AvgIpc) is 2.55. The molecule has 0 N–H and O–H groups in total. The van der Waals surface area contributed by atoms with Gasteiger partial charge in [0, 0.05) is 43.9 Å². The Morgan fingerprint density at radius 2 is 1.67 bits per heavy atom. The van der Waals surface area contributed by atoms with Crippen LogP contribution in [-0.4, -0.2) is 34.4 Å². The quantitative estimate of drug-likeness (QED) is 0.636. The van der Waals surface area contributed by atoms with Crippen LogP contribution >= 0.6 is 0 Å². The Hall–Kier alpha value is -0.923. The molecule has 0 amide bonds. The zero-order chi connectivity index (χ0) is 17.6. The van der Waals surface area contributed by atoms with Crippen LogP contribution in [0.1, 0.15) is 53.0 Å². The molecule has 136 valence electrons. The van der Waals surface area contributed by atoms with Crippen LogP contribution in [0.2, 0.25) is 0 Å². The van der Waals surface area contributed by atoms with Crippen molar-refractivity contribution < 1.29 is 22.8 Å². The van der Waals surface area contributed by atoms with Gasteiger partial charge in [0.25, 0.3) is 0 Å². The molecule has 0 fully saturated rings. The Kier molecular flexibility index (Phi) is 6.83. The molecular weight excluding hydrogens is 324 g/mol. The average molecular weight is 355 g/mol. The SMILES string of the molecule is CCCC1(C)OCc2cc([Si](OCC)(OCC)OCC)ccc2O1. The number of rotatable bonds is 9. The summed E-state index contributed by atoms with van der Waals surface area (Å²) in [7, 11) is -2.89. The Labute approximate surface area is 146 Å². The van der Waals surface area contributed by atoms with Crippen LogP contribution < -0.4 is 9.92 Å². The predicted octanol–water partition coefficient (Wildman–Crippen LogP) is 3.37. The van der Waals surface area contributed by atoms with Crippen molar-refractivity contribution >= 4 is 14.0 Å². The molecule has 0 bridgehead atoms. The first kappa shape index (κ1) is 19.4. The van der Waals surface area contributed by atoms with Crippen molar-refractivity contribution in [1.29, 1.82) is 0 Å². The van der Waals surface area contributed by atoms with Crippen molar-refractivity contribution in [3.05, 3.63) is 23.8 Å². The van der Waals surface area contributed by atoms with Gasteiger partial charge in [-0.1, -0.05) is 13.0 Å². The van der Waals surface area contributed by atoms with E-state index in [-0.39, 0.29) is 0 Å². The molecule has 2 rings (SSSR count). The molecule has 0 radical (unpaired) electrons. The number of hydrogen-bond acceptors (Lipinski definition) is 5. The van der Waals surface area contributed by atoms with Crippen molar-refractivity contribution in [2.75, 3.05) is 19.8 Å². The fraction of sp³-hybridized carbons (Fsp3) is 0.667. The number of fused-ring (bicyclic) bond motifs is 1. The van der Waals surface area contributed by atoms with Crippen molar-refractivity contribution in [1.82, 2.24) is 0 Å². The van der Waals surface area contributed by atoms with E-state index >= 15 is 0 Å². The summed E-state index contributed by atoms with van der Waals surface area (Å²) in [5.74, 6) is 0.325. The van der Waals surface area contributed by atoms with Gasteiger partial charge in [0.15, 0.2) is 0 Å². The predicted molar refractivity (Wildman–Crippen MR) is 95.4 cm³/mol. The first-order valence-electron chi connectivity index (χ1n) is 8.90. The highest BCUT2D eigenvalue weighted by molar-refractivity contribution is 6.75. The summed E-state index contributed by atoms with van der Waals surface area (Å²) in [4.78, 5) is 0. The summed E-state index contributed by atoms with van der Waals surface area (Å²) in [5.41, 5.74) is 1.01. The van der Waals surface area contributed by atoms with E-state index in [0.29, 0.717) is 26.4 Å². The van der Waals surface area contributed by atoms with Gasteiger partial charge in [0.2, 0.25) is 5.79 Å². The molecule has 1 aliphatic heterocycles. The first-order chi connectivity index (χ1) is 11.5. The van der Waals surface area contributed by atoms with Crippen LogP contribution in [0.25, 0.3) is 0 Å². The molecule has 0 aliphatic carbocycles. The van der Waals surface area contributed by atoms with E-state index in [1.165, 1.54) is 0 Å². The largest absolute Gasteiger partial charge is 0.537 e. The van der Waals surface area contributed by atoms with E-state index in [1.54, 1.807) is 0 Å². The van der Waals surface area contributed by atoms with Crippen LogP contribution in [0.4, 0.5) is 0 Å². The van der Waals surface area contributed by atoms with Gasteiger partial charge in [-0.05, 0) is 39.3 Å². The maximum atomic E-state index is 6.08. The lowest BCUT2D eigenvalue weighted by molar-refractivity contribution is -0.197. The smallest absolute Gasteiger partial charge is 0.462 e. The summed E-state index contributed by atoms with van der Waals surface area (Å²) in [5, 5.41) is 0.957. The minimum absolute atomic E-state index is 0.522. The summed E-state index contributed by atoms with van der Waals surface area (Å²) in [6.07, 6.45) is 1.88. The molecule has 1 aromatic carbocycles. The van der Waals surface area contributed by atoms with Crippen LogP contribution in [-0.2, 0) is 24.6 Å². The van der Waals surface area contributed by atoms with Crippen molar-refractivity contribution in [2.45, 2.75) is 59.9 Å². The molecule has 0 aromatic heterocycles. The zero-order valence-electron chi connectivity index (χ0n) is 15.5. The number of benzene rings is 1. The second kappa shape index (κ2) is 8.45. The first-order valence-corrected chi connectivity index (χ1v) is 10.6. The molecule has 1 aliphatic rings. The van der Waals surface area contributed by atoms with Gasteiger partial charge in [-0.25, -0.2) is 0 Å². The van der Waals surface area contributed by atoms with E-state index in [0.717, 1.165) is 29.3 Å². The Morgan fingerprint density at radius 3 is 2.21 bits per heavy atom. The molecular formula is C18H30O5Si. The molecule has 0 saturated carbocycles. The maximum Gasteiger partial charge on any atom is 0.537 e. The third kappa shape index (κ3) is 4.18. The monoisotopic (exact) mass is 354 g/mol. The van der Waals surface area contributed by atoms with Crippen molar-refractivity contribution in [2.24, 2.45) is 0 Å². The third-order valence-electron chi connectivity index (χ3n) is 3.98. The van der Waals surface area contributed by atoms with Gasteiger partial charge in [-0.15, -0.1) is 0 Å². The minimum Gasteiger partial charge on any atom is -0.462 e. The van der Waals surface area contributed by atoms with Gasteiger partial charge in [0.1, 0.15) is 5.75 Å². The number of hydrogen-bond donors (Lipinski definition) is 0. The molecule has 24 heavy (non-hydrogen) atoms. The van der Waals surface area contributed by atoms with Crippen molar-refractivity contribution in [3.8, 4) is 5.75 Å². The molecule has 1 atom stereocenters. The molecule has 0 saturated heterocycles. The Balaban J connectivity index is 2.32. The molecule has 1 aromatic rings. The van der Waals surface area contributed by atoms with E-state index in [9.17, 15) is 0 Å². The highest BCUT2D eigenvalue weighted by Gasteiger charge is 2.44. The maximum absolute atomic E-state index is 6.08. The van der Waals surface area contributed by atoms with Crippen LogP contribution in [0.15, 0.2) is 18.2 Å². The number of ether oxygens (including phenoxy) is 2. The highest BCUT2D eigenvalue weighted by atomic mass is 28.4. The standard InChI is InChI=1S/C18H30O5Si/c1-6-12-18(5)19-14-15-13-16(10-11-17(15)23-18)24(20-7-2,21-8-3)22-9-4/h10-11,13H,6-9,12,14H2,1-5H3. The summed E-state index contributed by atoms with van der Waals surface area (Å²) in [6, 6.07) is 6.04. The van der Waals surface area contributed by atoms with Gasteiger partial charge < -0.3 is 22.8 Å². The fourth-order valence-corrected chi connectivity index (χ4v) is 5.53. The summed E-state index contributed by atoms with van der Waals surface area (Å²) < 4.78 is 30.0. The van der Waals surface area contributed by atoms with E-state index in [2.05, 4.69) is 6.92 Å². The van der Waals surface area contributed by atoms with Gasteiger partial charge >= 0.3 is 8.80 Å². The normalized spacial score (nSPS) is 20.5. The van der Waals surface area contributed by atoms with Gasteiger partial charge in [-0.3, -0.25) is 0 Å². The molecule has 6 heteroatoms. The van der Waals surface area contributed by atoms with Gasteiger partial charge in [0.05, 0.1) is 6.61 Å². The topological polar surface area (TPSA) is 46.2 Å². The summed E-state index contributed by atoms with van der Waals surface area (Å²) in [6.45, 7) is 12.2. The lowest BCUT2D eigenvalue weighted by Gasteiger charge is -2.36. The zero-order valence-corrected chi connectivity index (χ0v) is 16.5. The van der Waals surface area contributed by atoms with Crippen LogP contribution in [0.3, 0.4) is 0 Å². The molecule has 0 spiro atoms. The minimum atomic E-state index is -2.89. The van der Waals surface area contributed by atoms with Crippen molar-refractivity contribution in [3.63, 3.8) is 0 Å². The van der Waals surface area contributed by atoms with E-state index < -0.39 is 14.6 Å². The Bertz CT molecular complexity index is 519. The third-order valence-corrected chi connectivity index (χ3v) is 7.00. The van der Waals surface area contributed by atoms with Crippen LogP contribution in [0, 0.1) is 0 Å². The lowest BCUT2D eigenvalue weighted by atomic mass is 10.1. The lowest BCUT2D eigenvalue weighted by Crippen LogP contribution is -2.57.